The molecule has 0 amide bonds. The number of rotatable bonds is 1. The molecule has 0 bridgehead atoms. The Hall–Kier alpha value is -1.16. The fourth-order valence-corrected chi connectivity index (χ4v) is 1.52. The Morgan fingerprint density at radius 2 is 2.25 bits per heavy atom. The molecule has 12 heavy (non-hydrogen) atoms. The second kappa shape index (κ2) is 2.71. The van der Waals surface area contributed by atoms with Crippen molar-refractivity contribution in [2.24, 2.45) is 0 Å². The molecule has 0 N–H and O–H groups in total. The molecule has 2 aromatic rings. The topological polar surface area (TPSA) is 38.9 Å². The second-order valence-corrected chi connectivity index (χ2v) is 3.30. The first-order valence-corrected chi connectivity index (χ1v) is 4.54. The van der Waals surface area contributed by atoms with E-state index in [0.717, 1.165) is 22.7 Å². The van der Waals surface area contributed by atoms with Crippen molar-refractivity contribution in [2.45, 2.75) is 13.8 Å². The minimum absolute atomic E-state index is 0.855. The van der Waals surface area contributed by atoms with E-state index >= 15 is 0 Å². The monoisotopic (exact) mass is 180 g/mol. The first-order valence-electron chi connectivity index (χ1n) is 3.60. The quantitative estimate of drug-likeness (QED) is 0.676. The van der Waals surface area contributed by atoms with Crippen molar-refractivity contribution in [3.63, 3.8) is 0 Å². The average Bonchev–Trinajstić information content (AvgIpc) is 2.64. The van der Waals surface area contributed by atoms with E-state index in [1.165, 1.54) is 0 Å². The highest BCUT2D eigenvalue weighted by molar-refractivity contribution is 7.07. The van der Waals surface area contributed by atoms with Crippen LogP contribution in [-0.4, -0.2) is 10.1 Å². The summed E-state index contributed by atoms with van der Waals surface area (Å²) in [5.41, 5.74) is 4.61. The van der Waals surface area contributed by atoms with Crippen LogP contribution in [0.2, 0.25) is 0 Å². The molecule has 2 rings (SSSR count). The Morgan fingerprint density at radius 3 is 2.75 bits per heavy atom. The number of hydrogen-bond acceptors (Lipinski definition) is 4. The second-order valence-electron chi connectivity index (χ2n) is 2.59. The first kappa shape index (κ1) is 7.49. The first-order chi connectivity index (χ1) is 5.79. The fraction of sp³-hybridized carbons (Fsp3) is 0.250. The highest BCUT2D eigenvalue weighted by Crippen LogP contribution is 2.23. The molecule has 4 heteroatoms. The van der Waals surface area contributed by atoms with Gasteiger partial charge in [0.15, 0.2) is 0 Å². The lowest BCUT2D eigenvalue weighted by molar-refractivity contribution is 0.398. The van der Waals surface area contributed by atoms with Gasteiger partial charge < -0.3 is 4.52 Å². The number of thiazole rings is 1. The predicted octanol–water partition coefficient (Wildman–Crippen LogP) is 2.41. The van der Waals surface area contributed by atoms with Crippen molar-refractivity contribution in [2.75, 3.05) is 0 Å². The minimum atomic E-state index is 0.855. The van der Waals surface area contributed by atoms with Crippen molar-refractivity contribution < 1.29 is 4.52 Å². The van der Waals surface area contributed by atoms with Crippen molar-refractivity contribution in [1.29, 1.82) is 0 Å². The van der Waals surface area contributed by atoms with E-state index in [4.69, 9.17) is 4.52 Å². The van der Waals surface area contributed by atoms with Gasteiger partial charge in [-0.15, -0.1) is 11.3 Å². The molecule has 0 saturated carbocycles. The highest BCUT2D eigenvalue weighted by atomic mass is 32.1. The van der Waals surface area contributed by atoms with E-state index in [0.29, 0.717) is 0 Å². The smallest absolute Gasteiger partial charge is 0.137 e. The zero-order valence-electron chi connectivity index (χ0n) is 6.87. The number of aryl methyl sites for hydroxylation is 1. The fourth-order valence-electron chi connectivity index (χ4n) is 0.986. The van der Waals surface area contributed by atoms with E-state index in [1.807, 2.05) is 19.2 Å². The minimum Gasteiger partial charge on any atom is -0.361 e. The Bertz CT molecular complexity index is 378. The summed E-state index contributed by atoms with van der Waals surface area (Å²) in [6.07, 6.45) is 0. The van der Waals surface area contributed by atoms with Crippen LogP contribution < -0.4 is 0 Å². The van der Waals surface area contributed by atoms with E-state index in [-0.39, 0.29) is 0 Å². The van der Waals surface area contributed by atoms with E-state index < -0.39 is 0 Å². The molecular weight excluding hydrogens is 172 g/mol. The molecule has 0 unspecified atom stereocenters. The Balaban J connectivity index is 2.55. The largest absolute Gasteiger partial charge is 0.361 e. The summed E-state index contributed by atoms with van der Waals surface area (Å²) in [5, 5.41) is 5.89. The molecule has 2 aromatic heterocycles. The van der Waals surface area contributed by atoms with Gasteiger partial charge in [-0.25, -0.2) is 4.98 Å². The molecular formula is C8H8N2OS. The van der Waals surface area contributed by atoms with Crippen molar-refractivity contribution in [3.8, 4) is 11.4 Å². The third-order valence-corrected chi connectivity index (χ3v) is 2.42. The summed E-state index contributed by atoms with van der Waals surface area (Å²) in [6, 6.07) is 0. The van der Waals surface area contributed by atoms with Crippen LogP contribution in [0.25, 0.3) is 11.4 Å². The standard InChI is InChI=1S/C8H8N2OS/c1-5-6(2)11-10-8(5)7-3-12-4-9-7/h3-4H,1-2H3. The normalized spacial score (nSPS) is 10.5. The maximum absolute atomic E-state index is 5.03. The number of aromatic nitrogens is 2. The molecule has 0 aliphatic carbocycles. The molecule has 3 nitrogen and oxygen atoms in total. The molecule has 0 atom stereocenters. The van der Waals surface area contributed by atoms with Crippen molar-refractivity contribution in [3.05, 3.63) is 22.2 Å². The third-order valence-electron chi connectivity index (χ3n) is 1.83. The molecule has 0 aromatic carbocycles. The number of nitrogens with zero attached hydrogens (tertiary/aromatic N) is 2. The van der Waals surface area contributed by atoms with Gasteiger partial charge in [-0.2, -0.15) is 0 Å². The van der Waals surface area contributed by atoms with Crippen molar-refractivity contribution >= 4 is 11.3 Å². The van der Waals surface area contributed by atoms with E-state index in [2.05, 4.69) is 10.1 Å². The van der Waals surface area contributed by atoms with E-state index in [1.54, 1.807) is 16.8 Å². The molecule has 0 aliphatic heterocycles. The van der Waals surface area contributed by atoms with Gasteiger partial charge >= 0.3 is 0 Å². The van der Waals surface area contributed by atoms with Gasteiger partial charge in [0.05, 0.1) is 5.51 Å². The van der Waals surface area contributed by atoms with Gasteiger partial charge in [-0.1, -0.05) is 5.16 Å². The van der Waals surface area contributed by atoms with Crippen LogP contribution in [0.1, 0.15) is 11.3 Å². The Labute approximate surface area is 74.0 Å². The van der Waals surface area contributed by atoms with Crippen LogP contribution in [0.4, 0.5) is 0 Å². The third kappa shape index (κ3) is 1.04. The lowest BCUT2D eigenvalue weighted by Crippen LogP contribution is -1.79. The van der Waals surface area contributed by atoms with Crippen LogP contribution in [0.5, 0.6) is 0 Å². The Kier molecular flexibility index (Phi) is 1.69. The molecule has 62 valence electrons. The maximum Gasteiger partial charge on any atom is 0.137 e. The van der Waals surface area contributed by atoms with Crippen LogP contribution in [0.3, 0.4) is 0 Å². The number of hydrogen-bond donors (Lipinski definition) is 0. The lowest BCUT2D eigenvalue weighted by Gasteiger charge is -1.88. The molecule has 0 saturated heterocycles. The van der Waals surface area contributed by atoms with Gasteiger partial charge in [-0.05, 0) is 13.8 Å². The summed E-state index contributed by atoms with van der Waals surface area (Å²) in [7, 11) is 0. The van der Waals surface area contributed by atoms with Gasteiger partial charge in [-0.3, -0.25) is 0 Å². The molecule has 2 heterocycles. The van der Waals surface area contributed by atoms with Crippen LogP contribution in [0, 0.1) is 13.8 Å². The van der Waals surface area contributed by atoms with Crippen LogP contribution in [-0.2, 0) is 0 Å². The summed E-state index contributed by atoms with van der Waals surface area (Å²) < 4.78 is 5.03. The zero-order chi connectivity index (χ0) is 8.55. The summed E-state index contributed by atoms with van der Waals surface area (Å²) >= 11 is 1.56. The van der Waals surface area contributed by atoms with Gasteiger partial charge in [0.2, 0.25) is 0 Å². The maximum atomic E-state index is 5.03. The summed E-state index contributed by atoms with van der Waals surface area (Å²) in [5.74, 6) is 0.859. The highest BCUT2D eigenvalue weighted by Gasteiger charge is 2.11. The molecule has 0 fully saturated rings. The van der Waals surface area contributed by atoms with Gasteiger partial charge in [0, 0.05) is 10.9 Å². The average molecular weight is 180 g/mol. The van der Waals surface area contributed by atoms with E-state index in [9.17, 15) is 0 Å². The molecule has 0 spiro atoms. The summed E-state index contributed by atoms with van der Waals surface area (Å²) in [4.78, 5) is 4.16. The zero-order valence-corrected chi connectivity index (χ0v) is 7.68. The SMILES string of the molecule is Cc1onc(-c2cscn2)c1C. The van der Waals surface area contributed by atoms with Crippen molar-refractivity contribution in [1.82, 2.24) is 10.1 Å². The van der Waals surface area contributed by atoms with Gasteiger partial charge in [0.25, 0.3) is 0 Å². The van der Waals surface area contributed by atoms with Gasteiger partial charge in [0.1, 0.15) is 17.1 Å². The Morgan fingerprint density at radius 1 is 1.42 bits per heavy atom. The van der Waals surface area contributed by atoms with Crippen LogP contribution >= 0.6 is 11.3 Å². The molecule has 0 aliphatic rings. The molecule has 0 radical (unpaired) electrons. The predicted molar refractivity (Wildman–Crippen MR) is 47.1 cm³/mol. The van der Waals surface area contributed by atoms with Crippen LogP contribution in [0.15, 0.2) is 15.4 Å². The lowest BCUT2D eigenvalue weighted by atomic mass is 10.2. The summed E-state index contributed by atoms with van der Waals surface area (Å²) in [6.45, 7) is 3.89.